The van der Waals surface area contributed by atoms with Crippen molar-refractivity contribution in [2.75, 3.05) is 61.8 Å². The molecule has 2 unspecified atom stereocenters. The minimum absolute atomic E-state index is 0.00769. The summed E-state index contributed by atoms with van der Waals surface area (Å²) >= 11 is 2.99. The largest absolute Gasteiger partial charge is 0.508 e. The Labute approximate surface area is 367 Å². The van der Waals surface area contributed by atoms with Gasteiger partial charge in [-0.1, -0.05) is 12.1 Å². The van der Waals surface area contributed by atoms with E-state index in [2.05, 4.69) is 36.4 Å². The van der Waals surface area contributed by atoms with Crippen molar-refractivity contribution in [1.82, 2.24) is 29.9 Å². The van der Waals surface area contributed by atoms with E-state index in [0.717, 1.165) is 111 Å². The SMILES string of the molecule is O=C1CCC(N2Cc3c(SCCCCN4CCN(C5CCN(c6ccc7c(c6)C(=O)N(C(C(=O)Nc6nccs6)c6cc(F)ccc6O)C7)CC5)CC4)cccc3C2=O)C(=O)N1. The number of piperidine rings is 2. The smallest absolute Gasteiger partial charge is 0.255 e. The summed E-state index contributed by atoms with van der Waals surface area (Å²) in [6.45, 7) is 7.47. The van der Waals surface area contributed by atoms with Crippen LogP contribution in [0, 0.1) is 5.82 Å². The normalized spacial score (nSPS) is 20.4. The number of nitrogens with one attached hydrogen (secondary N) is 2. The number of carbonyl (C=O) groups excluding carboxylic acids is 5. The van der Waals surface area contributed by atoms with Crippen LogP contribution in [0.25, 0.3) is 0 Å². The minimum Gasteiger partial charge on any atom is -0.508 e. The summed E-state index contributed by atoms with van der Waals surface area (Å²) in [4.78, 5) is 80.7. The van der Waals surface area contributed by atoms with Gasteiger partial charge in [0.05, 0.1) is 0 Å². The molecule has 0 saturated carbocycles. The molecule has 5 aliphatic rings. The number of aromatic hydroxyl groups is 1. The summed E-state index contributed by atoms with van der Waals surface area (Å²) in [7, 11) is 0. The van der Waals surface area contributed by atoms with Gasteiger partial charge < -0.3 is 24.7 Å². The number of unbranched alkanes of at least 4 members (excludes halogenated alkanes) is 1. The Morgan fingerprint density at radius 2 is 1.76 bits per heavy atom. The van der Waals surface area contributed by atoms with E-state index in [1.165, 1.54) is 22.3 Å². The van der Waals surface area contributed by atoms with E-state index in [0.29, 0.717) is 35.3 Å². The van der Waals surface area contributed by atoms with E-state index in [1.54, 1.807) is 28.2 Å². The lowest BCUT2D eigenvalue weighted by Gasteiger charge is -2.43. The molecule has 324 valence electrons. The van der Waals surface area contributed by atoms with Crippen molar-refractivity contribution in [3.05, 3.63) is 99.8 Å². The first-order valence-corrected chi connectivity index (χ1v) is 23.2. The fraction of sp³-hybridized carbons (Fsp3) is 0.422. The highest BCUT2D eigenvalue weighted by Crippen LogP contribution is 2.39. The first-order valence-electron chi connectivity index (χ1n) is 21.3. The predicted molar refractivity (Wildman–Crippen MR) is 234 cm³/mol. The van der Waals surface area contributed by atoms with Crippen LogP contribution in [0.1, 0.15) is 82.0 Å². The van der Waals surface area contributed by atoms with Gasteiger partial charge in [-0.25, -0.2) is 9.37 Å². The van der Waals surface area contributed by atoms with Crippen molar-refractivity contribution in [2.45, 2.75) is 74.6 Å². The first-order chi connectivity index (χ1) is 30.1. The van der Waals surface area contributed by atoms with Crippen molar-refractivity contribution in [2.24, 2.45) is 0 Å². The highest BCUT2D eigenvalue weighted by atomic mass is 32.2. The fourth-order valence-electron chi connectivity index (χ4n) is 9.52. The number of halogens is 1. The number of fused-ring (bicyclic) bond motifs is 2. The molecule has 4 aromatic rings. The number of hydrogen-bond donors (Lipinski definition) is 3. The number of thiazole rings is 1. The number of thioether (sulfide) groups is 1. The Morgan fingerprint density at radius 3 is 2.53 bits per heavy atom. The molecule has 62 heavy (non-hydrogen) atoms. The Balaban J connectivity index is 0.725. The summed E-state index contributed by atoms with van der Waals surface area (Å²) in [6.07, 6.45) is 6.35. The lowest BCUT2D eigenvalue weighted by atomic mass is 10.0. The number of nitrogens with zero attached hydrogens (tertiary/aromatic N) is 6. The third kappa shape index (κ3) is 8.67. The lowest BCUT2D eigenvalue weighted by Crippen LogP contribution is -2.53. The number of benzene rings is 3. The van der Waals surface area contributed by atoms with Crippen LogP contribution in [-0.4, -0.2) is 123 Å². The topological polar surface area (TPSA) is 159 Å². The molecule has 14 nitrogen and oxygen atoms in total. The molecule has 2 atom stereocenters. The number of rotatable bonds is 13. The van der Waals surface area contributed by atoms with Gasteiger partial charge in [0.2, 0.25) is 11.8 Å². The van der Waals surface area contributed by atoms with E-state index >= 15 is 0 Å². The zero-order valence-corrected chi connectivity index (χ0v) is 35.9. The number of imide groups is 1. The van der Waals surface area contributed by atoms with Gasteiger partial charge in [-0.15, -0.1) is 23.1 Å². The van der Waals surface area contributed by atoms with Gasteiger partial charge in [-0.3, -0.25) is 39.5 Å². The Bertz CT molecular complexity index is 2370. The van der Waals surface area contributed by atoms with E-state index < -0.39 is 23.8 Å². The average molecular weight is 881 g/mol. The van der Waals surface area contributed by atoms with Gasteiger partial charge in [-0.05, 0) is 98.0 Å². The van der Waals surface area contributed by atoms with E-state index in [4.69, 9.17) is 0 Å². The standard InChI is InChI=1S/C45H49FN8O6S2/c46-29-7-10-37(55)34(24-29)40(42(58)49-45-47-14-23-62-45)54-26-28-6-8-31(25-33(28)44(54)60)51-16-12-30(13-17-51)52-20-18-50(19-21-52)15-1-2-22-61-38-5-3-4-32-35(38)27-53(43(32)59)36-9-11-39(56)48-41(36)57/h3-8,10,14,23-25,30,36,40,55H,1-2,9,11-13,15-22,26-27H2,(H,47,49,58)(H,48,56,57). The van der Waals surface area contributed by atoms with Crippen LogP contribution < -0.4 is 15.5 Å². The number of carbonyl (C=O) groups is 5. The Kier molecular flexibility index (Phi) is 12.3. The maximum Gasteiger partial charge on any atom is 0.255 e. The second-order valence-electron chi connectivity index (χ2n) is 16.5. The van der Waals surface area contributed by atoms with Crippen LogP contribution in [0.2, 0.25) is 0 Å². The summed E-state index contributed by atoms with van der Waals surface area (Å²) in [6, 6.07) is 13.7. The lowest BCUT2D eigenvalue weighted by molar-refractivity contribution is -0.137. The molecule has 5 aliphatic heterocycles. The summed E-state index contributed by atoms with van der Waals surface area (Å²) in [5, 5.41) is 17.9. The number of phenolic OH excluding ortho intramolecular Hbond substituents is 1. The van der Waals surface area contributed by atoms with Crippen LogP contribution in [-0.2, 0) is 27.5 Å². The quantitative estimate of drug-likeness (QED) is 0.0917. The molecule has 17 heteroatoms. The second-order valence-corrected chi connectivity index (χ2v) is 18.6. The minimum atomic E-state index is -1.27. The fourth-order valence-corrected chi connectivity index (χ4v) is 11.1. The van der Waals surface area contributed by atoms with Crippen LogP contribution in [0.5, 0.6) is 5.75 Å². The van der Waals surface area contributed by atoms with Crippen LogP contribution in [0.4, 0.5) is 15.2 Å². The van der Waals surface area contributed by atoms with Gasteiger partial charge in [0, 0.05) is 104 Å². The maximum atomic E-state index is 14.4. The molecule has 6 heterocycles. The number of piperazine rings is 1. The highest BCUT2D eigenvalue weighted by molar-refractivity contribution is 7.99. The maximum absolute atomic E-state index is 14.4. The summed E-state index contributed by atoms with van der Waals surface area (Å²) in [5.74, 6) is -1.70. The van der Waals surface area contributed by atoms with E-state index in [-0.39, 0.29) is 47.9 Å². The number of aromatic nitrogens is 1. The third-order valence-electron chi connectivity index (χ3n) is 12.9. The molecular weight excluding hydrogens is 832 g/mol. The number of amides is 5. The molecule has 9 rings (SSSR count). The number of hydrogen-bond acceptors (Lipinski definition) is 12. The molecule has 3 aromatic carbocycles. The molecule has 0 spiro atoms. The van der Waals surface area contributed by atoms with Crippen molar-refractivity contribution in [3.63, 3.8) is 0 Å². The van der Waals surface area contributed by atoms with Crippen LogP contribution in [0.3, 0.4) is 0 Å². The average Bonchev–Trinajstić information content (AvgIpc) is 4.00. The van der Waals surface area contributed by atoms with Gasteiger partial charge in [0.25, 0.3) is 17.7 Å². The van der Waals surface area contributed by atoms with E-state index in [1.807, 2.05) is 30.3 Å². The molecule has 3 fully saturated rings. The van der Waals surface area contributed by atoms with Crippen LogP contribution in [0.15, 0.2) is 71.1 Å². The van der Waals surface area contributed by atoms with Gasteiger partial charge >= 0.3 is 0 Å². The van der Waals surface area contributed by atoms with Gasteiger partial charge in [-0.2, -0.15) is 0 Å². The highest BCUT2D eigenvalue weighted by Gasteiger charge is 2.41. The molecule has 0 aliphatic carbocycles. The summed E-state index contributed by atoms with van der Waals surface area (Å²) in [5.41, 5.74) is 3.87. The molecule has 0 bridgehead atoms. The Morgan fingerprint density at radius 1 is 0.935 bits per heavy atom. The zero-order chi connectivity index (χ0) is 42.9. The van der Waals surface area contributed by atoms with Gasteiger partial charge in [0.15, 0.2) is 5.13 Å². The van der Waals surface area contributed by atoms with Crippen molar-refractivity contribution < 1.29 is 33.5 Å². The number of phenols is 1. The Hall–Kier alpha value is -5.36. The molecule has 1 aromatic heterocycles. The predicted octanol–water partition coefficient (Wildman–Crippen LogP) is 5.24. The first kappa shape index (κ1) is 42.0. The molecule has 0 radical (unpaired) electrons. The monoisotopic (exact) mass is 880 g/mol. The molecule has 3 N–H and O–H groups in total. The van der Waals surface area contributed by atoms with Crippen molar-refractivity contribution in [1.29, 1.82) is 0 Å². The third-order valence-corrected chi connectivity index (χ3v) is 14.7. The second kappa shape index (κ2) is 18.2. The molecule has 5 amide bonds. The van der Waals surface area contributed by atoms with Crippen LogP contribution >= 0.6 is 23.1 Å². The summed E-state index contributed by atoms with van der Waals surface area (Å²) < 4.78 is 14.4. The van der Waals surface area contributed by atoms with Crippen molar-refractivity contribution in [3.8, 4) is 5.75 Å². The number of anilines is 2. The van der Waals surface area contributed by atoms with Crippen molar-refractivity contribution >= 4 is 63.5 Å². The molecule has 3 saturated heterocycles. The van der Waals surface area contributed by atoms with E-state index in [9.17, 15) is 33.5 Å². The zero-order valence-electron chi connectivity index (χ0n) is 34.3. The van der Waals surface area contributed by atoms with Gasteiger partial charge in [0.1, 0.15) is 23.7 Å². The molecular formula is C45H49FN8O6S2.